The third-order valence-electron chi connectivity index (χ3n) is 2.48. The summed E-state index contributed by atoms with van der Waals surface area (Å²) >= 11 is 0. The van der Waals surface area contributed by atoms with Crippen LogP contribution < -0.4 is 15.4 Å². The molecule has 0 aliphatic heterocycles. The second kappa shape index (κ2) is 6.91. The highest BCUT2D eigenvalue weighted by Gasteiger charge is 2.16. The Hall–Kier alpha value is -1.55. The third-order valence-corrected chi connectivity index (χ3v) is 2.48. The zero-order valence-corrected chi connectivity index (χ0v) is 10.6. The van der Waals surface area contributed by atoms with Gasteiger partial charge in [0.2, 0.25) is 5.91 Å². The number of carbonyl (C=O) groups is 1. The molecule has 1 aromatic rings. The first kappa shape index (κ1) is 13.5. The van der Waals surface area contributed by atoms with Gasteiger partial charge in [0.05, 0.1) is 6.61 Å². The number of ether oxygens (including phenoxy) is 1. The molecule has 0 saturated heterocycles. The molecule has 1 amide bonds. The monoisotopic (exact) mass is 236 g/mol. The van der Waals surface area contributed by atoms with Crippen LogP contribution in [0.25, 0.3) is 0 Å². The van der Waals surface area contributed by atoms with Crippen LogP contribution in [0.1, 0.15) is 24.9 Å². The topological polar surface area (TPSA) is 50.4 Å². The van der Waals surface area contributed by atoms with Crippen molar-refractivity contribution in [3.05, 3.63) is 29.8 Å². The molecule has 94 valence electrons. The lowest BCUT2D eigenvalue weighted by atomic mass is 10.1. The van der Waals surface area contributed by atoms with E-state index in [2.05, 4.69) is 17.6 Å². The van der Waals surface area contributed by atoms with Gasteiger partial charge >= 0.3 is 0 Å². The predicted octanol–water partition coefficient (Wildman–Crippen LogP) is 1.48. The maximum atomic E-state index is 11.6. The zero-order chi connectivity index (χ0) is 12.7. The van der Waals surface area contributed by atoms with Crippen molar-refractivity contribution in [3.63, 3.8) is 0 Å². The van der Waals surface area contributed by atoms with Gasteiger partial charge in [-0.25, -0.2) is 0 Å². The summed E-state index contributed by atoms with van der Waals surface area (Å²) in [6, 6.07) is 7.26. The summed E-state index contributed by atoms with van der Waals surface area (Å²) < 4.78 is 5.49. The van der Waals surface area contributed by atoms with Crippen molar-refractivity contribution in [3.8, 4) is 5.75 Å². The van der Waals surface area contributed by atoms with Crippen molar-refractivity contribution in [2.24, 2.45) is 0 Å². The van der Waals surface area contributed by atoms with Crippen LogP contribution in [0.15, 0.2) is 24.3 Å². The zero-order valence-electron chi connectivity index (χ0n) is 10.6. The molecule has 4 nitrogen and oxygen atoms in total. The van der Waals surface area contributed by atoms with E-state index in [-0.39, 0.29) is 11.9 Å². The third kappa shape index (κ3) is 3.75. The van der Waals surface area contributed by atoms with E-state index in [9.17, 15) is 4.79 Å². The molecule has 1 aromatic carbocycles. The largest absolute Gasteiger partial charge is 0.494 e. The lowest BCUT2D eigenvalue weighted by Gasteiger charge is -2.15. The fourth-order valence-electron chi connectivity index (χ4n) is 1.57. The van der Waals surface area contributed by atoms with Crippen LogP contribution in [-0.4, -0.2) is 26.6 Å². The summed E-state index contributed by atoms with van der Waals surface area (Å²) in [4.78, 5) is 11.6. The maximum absolute atomic E-state index is 11.6. The fraction of sp³-hybridized carbons (Fsp3) is 0.462. The van der Waals surface area contributed by atoms with Crippen molar-refractivity contribution in [1.29, 1.82) is 0 Å². The first-order valence-electron chi connectivity index (χ1n) is 5.84. The first-order valence-corrected chi connectivity index (χ1v) is 5.84. The second-order valence-electron chi connectivity index (χ2n) is 3.75. The lowest BCUT2D eigenvalue weighted by Crippen LogP contribution is -2.33. The normalized spacial score (nSPS) is 11.9. The molecule has 17 heavy (non-hydrogen) atoms. The second-order valence-corrected chi connectivity index (χ2v) is 3.75. The predicted molar refractivity (Wildman–Crippen MR) is 68.1 cm³/mol. The van der Waals surface area contributed by atoms with Crippen LogP contribution in [0.2, 0.25) is 0 Å². The van der Waals surface area contributed by atoms with E-state index in [1.54, 1.807) is 14.1 Å². The summed E-state index contributed by atoms with van der Waals surface area (Å²) in [5.74, 6) is 0.789. The van der Waals surface area contributed by atoms with Crippen LogP contribution in [-0.2, 0) is 4.79 Å². The number of hydrogen-bond donors (Lipinski definition) is 2. The highest BCUT2D eigenvalue weighted by molar-refractivity contribution is 5.82. The van der Waals surface area contributed by atoms with Crippen molar-refractivity contribution >= 4 is 5.91 Å². The molecule has 2 N–H and O–H groups in total. The van der Waals surface area contributed by atoms with E-state index in [4.69, 9.17) is 4.74 Å². The Bertz CT molecular complexity index is 349. The Kier molecular flexibility index (Phi) is 5.49. The van der Waals surface area contributed by atoms with Gasteiger partial charge in [0.25, 0.3) is 0 Å². The standard InChI is InChI=1S/C13H20N2O2/c1-4-9-17-11-7-5-10(6-8-11)12(14-2)13(16)15-3/h5-8,12,14H,4,9H2,1-3H3,(H,15,16). The van der Waals surface area contributed by atoms with E-state index in [0.717, 1.165) is 17.7 Å². The molecule has 0 aliphatic carbocycles. The molecular weight excluding hydrogens is 216 g/mol. The van der Waals surface area contributed by atoms with Crippen LogP contribution in [0.3, 0.4) is 0 Å². The quantitative estimate of drug-likeness (QED) is 0.786. The van der Waals surface area contributed by atoms with Crippen molar-refractivity contribution in [2.75, 3.05) is 20.7 Å². The average Bonchev–Trinajstić information content (AvgIpc) is 2.38. The highest BCUT2D eigenvalue weighted by Crippen LogP contribution is 2.18. The summed E-state index contributed by atoms with van der Waals surface area (Å²) in [5, 5.41) is 5.61. The van der Waals surface area contributed by atoms with Gasteiger partial charge < -0.3 is 15.4 Å². The molecular formula is C13H20N2O2. The SMILES string of the molecule is CCCOc1ccc(C(NC)C(=O)NC)cc1. The molecule has 1 atom stereocenters. The number of carbonyl (C=O) groups excluding carboxylic acids is 1. The molecule has 1 unspecified atom stereocenters. The lowest BCUT2D eigenvalue weighted by molar-refractivity contribution is -0.122. The van der Waals surface area contributed by atoms with Gasteiger partial charge in [0, 0.05) is 7.05 Å². The number of hydrogen-bond acceptors (Lipinski definition) is 3. The summed E-state index contributed by atoms with van der Waals surface area (Å²) in [7, 11) is 3.40. The minimum absolute atomic E-state index is 0.0465. The van der Waals surface area contributed by atoms with Gasteiger partial charge in [-0.1, -0.05) is 19.1 Å². The van der Waals surface area contributed by atoms with Crippen LogP contribution in [0.5, 0.6) is 5.75 Å². The van der Waals surface area contributed by atoms with E-state index >= 15 is 0 Å². The van der Waals surface area contributed by atoms with Gasteiger partial charge in [-0.15, -0.1) is 0 Å². The maximum Gasteiger partial charge on any atom is 0.241 e. The fourth-order valence-corrected chi connectivity index (χ4v) is 1.57. The molecule has 0 saturated carbocycles. The number of likely N-dealkylation sites (N-methyl/N-ethyl adjacent to an activating group) is 2. The van der Waals surface area contributed by atoms with E-state index < -0.39 is 0 Å². The Labute approximate surface area is 102 Å². The van der Waals surface area contributed by atoms with Crippen LogP contribution in [0, 0.1) is 0 Å². The Morgan fingerprint density at radius 3 is 2.41 bits per heavy atom. The number of rotatable bonds is 6. The highest BCUT2D eigenvalue weighted by atomic mass is 16.5. The number of benzene rings is 1. The minimum Gasteiger partial charge on any atom is -0.494 e. The van der Waals surface area contributed by atoms with Gasteiger partial charge in [-0.2, -0.15) is 0 Å². The van der Waals surface area contributed by atoms with Crippen molar-refractivity contribution in [2.45, 2.75) is 19.4 Å². The smallest absolute Gasteiger partial charge is 0.241 e. The van der Waals surface area contributed by atoms with E-state index in [1.165, 1.54) is 0 Å². The Morgan fingerprint density at radius 1 is 1.29 bits per heavy atom. The summed E-state index contributed by atoms with van der Waals surface area (Å²) in [6.07, 6.45) is 0.985. The molecule has 0 bridgehead atoms. The van der Waals surface area contributed by atoms with Crippen molar-refractivity contribution < 1.29 is 9.53 Å². The molecule has 4 heteroatoms. The molecule has 0 radical (unpaired) electrons. The molecule has 1 rings (SSSR count). The van der Waals surface area contributed by atoms with Gasteiger partial charge in [0.15, 0.2) is 0 Å². The first-order chi connectivity index (χ1) is 8.22. The van der Waals surface area contributed by atoms with E-state index in [0.29, 0.717) is 6.61 Å². The van der Waals surface area contributed by atoms with Gasteiger partial charge in [-0.05, 0) is 31.2 Å². The Morgan fingerprint density at radius 2 is 1.94 bits per heavy atom. The molecule has 0 aromatic heterocycles. The van der Waals surface area contributed by atoms with E-state index in [1.807, 2.05) is 24.3 Å². The van der Waals surface area contributed by atoms with Gasteiger partial charge in [0.1, 0.15) is 11.8 Å². The number of amides is 1. The number of nitrogens with one attached hydrogen (secondary N) is 2. The summed E-state index contributed by atoms with van der Waals surface area (Å²) in [6.45, 7) is 2.78. The van der Waals surface area contributed by atoms with Crippen LogP contribution >= 0.6 is 0 Å². The molecule has 0 fully saturated rings. The molecule has 0 spiro atoms. The molecule has 0 heterocycles. The van der Waals surface area contributed by atoms with Crippen LogP contribution in [0.4, 0.5) is 0 Å². The van der Waals surface area contributed by atoms with Crippen molar-refractivity contribution in [1.82, 2.24) is 10.6 Å². The minimum atomic E-state index is -0.319. The molecule has 0 aliphatic rings. The summed E-state index contributed by atoms with van der Waals surface area (Å²) in [5.41, 5.74) is 0.927. The average molecular weight is 236 g/mol. The van der Waals surface area contributed by atoms with Gasteiger partial charge in [-0.3, -0.25) is 4.79 Å². The Balaban J connectivity index is 2.74.